The second-order valence-electron chi connectivity index (χ2n) is 5.96. The fourth-order valence-corrected chi connectivity index (χ4v) is 3.42. The summed E-state index contributed by atoms with van der Waals surface area (Å²) in [5.74, 6) is 0.665. The number of nitrogens with one attached hydrogen (secondary N) is 2. The molecule has 2 aliphatic rings. The Kier molecular flexibility index (Phi) is 5.06. The van der Waals surface area contributed by atoms with Crippen molar-refractivity contribution in [2.75, 3.05) is 5.32 Å². The predicted molar refractivity (Wildman–Crippen MR) is 84.8 cm³/mol. The van der Waals surface area contributed by atoms with E-state index in [1.54, 1.807) is 19.3 Å². The highest BCUT2D eigenvalue weighted by Gasteiger charge is 2.38. The van der Waals surface area contributed by atoms with Gasteiger partial charge >= 0.3 is 0 Å². The van der Waals surface area contributed by atoms with Crippen molar-refractivity contribution < 1.29 is 4.79 Å². The molecule has 3 unspecified atom stereocenters. The van der Waals surface area contributed by atoms with Gasteiger partial charge in [-0.1, -0.05) is 12.8 Å². The molecule has 2 N–H and O–H groups in total. The zero-order valence-corrected chi connectivity index (χ0v) is 13.0. The number of hydrogen-bond donors (Lipinski definition) is 2. The standard InChI is InChI=1S/C15H21N3O2.ClH/c1-18-9-11(6-7-14(18)19)16-15(20)13-8-10-4-2-3-5-12(10)17-13;/h6-7,9-10,12-13,17H,2-5,8H2,1H3,(H,16,20);1H. The van der Waals surface area contributed by atoms with Gasteiger partial charge < -0.3 is 15.2 Å². The van der Waals surface area contributed by atoms with E-state index in [2.05, 4.69) is 10.6 Å². The monoisotopic (exact) mass is 311 g/mol. The number of hydrogen-bond acceptors (Lipinski definition) is 3. The number of nitrogens with zero attached hydrogens (tertiary/aromatic N) is 1. The first-order valence-electron chi connectivity index (χ1n) is 7.37. The van der Waals surface area contributed by atoms with Crippen LogP contribution in [0.25, 0.3) is 0 Å². The van der Waals surface area contributed by atoms with Crippen LogP contribution in [0.1, 0.15) is 32.1 Å². The lowest BCUT2D eigenvalue weighted by Gasteiger charge is -2.24. The number of amides is 1. The summed E-state index contributed by atoms with van der Waals surface area (Å²) in [5.41, 5.74) is 0.599. The maximum absolute atomic E-state index is 12.3. The Labute approximate surface area is 130 Å². The van der Waals surface area contributed by atoms with Gasteiger partial charge in [0.1, 0.15) is 0 Å². The molecule has 1 aromatic rings. The number of aryl methyl sites for hydroxylation is 1. The molecule has 0 spiro atoms. The molecule has 21 heavy (non-hydrogen) atoms. The summed E-state index contributed by atoms with van der Waals surface area (Å²) in [5, 5.41) is 6.36. The molecule has 1 amide bonds. The lowest BCUT2D eigenvalue weighted by atomic mass is 9.85. The van der Waals surface area contributed by atoms with E-state index in [0.717, 1.165) is 6.42 Å². The Morgan fingerprint density at radius 3 is 2.81 bits per heavy atom. The van der Waals surface area contributed by atoms with E-state index in [1.807, 2.05) is 0 Å². The molecule has 1 aliphatic carbocycles. The van der Waals surface area contributed by atoms with Crippen LogP contribution in [0.3, 0.4) is 0 Å². The number of rotatable bonds is 2. The number of carbonyl (C=O) groups is 1. The predicted octanol–water partition coefficient (Wildman–Crippen LogP) is 1.67. The van der Waals surface area contributed by atoms with Crippen LogP contribution in [0.5, 0.6) is 0 Å². The Morgan fingerprint density at radius 1 is 1.33 bits per heavy atom. The lowest BCUT2D eigenvalue weighted by Crippen LogP contribution is -2.40. The van der Waals surface area contributed by atoms with Gasteiger partial charge in [-0.2, -0.15) is 0 Å². The van der Waals surface area contributed by atoms with Gasteiger partial charge in [0, 0.05) is 25.4 Å². The SMILES string of the molecule is Cl.Cn1cc(NC(=O)C2CC3CCCCC3N2)ccc1=O. The number of fused-ring (bicyclic) bond motifs is 1. The average Bonchev–Trinajstić information content (AvgIpc) is 2.87. The summed E-state index contributed by atoms with van der Waals surface area (Å²) in [7, 11) is 1.68. The average molecular weight is 312 g/mol. The van der Waals surface area contributed by atoms with Gasteiger partial charge in [-0.15, -0.1) is 12.4 Å². The third-order valence-electron chi connectivity index (χ3n) is 4.53. The van der Waals surface area contributed by atoms with E-state index >= 15 is 0 Å². The number of anilines is 1. The number of halogens is 1. The Bertz CT molecular complexity index is 558. The largest absolute Gasteiger partial charge is 0.323 e. The van der Waals surface area contributed by atoms with Crippen LogP contribution in [0, 0.1) is 5.92 Å². The normalized spacial score (nSPS) is 27.6. The van der Waals surface area contributed by atoms with Gasteiger partial charge in [0.25, 0.3) is 0 Å². The van der Waals surface area contributed by atoms with Crippen LogP contribution in [0.15, 0.2) is 23.1 Å². The van der Waals surface area contributed by atoms with Crippen molar-refractivity contribution in [1.29, 1.82) is 0 Å². The molecule has 0 radical (unpaired) electrons. The Balaban J connectivity index is 0.00000161. The van der Waals surface area contributed by atoms with Crippen LogP contribution < -0.4 is 16.2 Å². The lowest BCUT2D eigenvalue weighted by molar-refractivity contribution is -0.117. The van der Waals surface area contributed by atoms with Crippen molar-refractivity contribution in [3.05, 3.63) is 28.7 Å². The molecule has 1 aliphatic heterocycles. The van der Waals surface area contributed by atoms with Crippen LogP contribution in [-0.2, 0) is 11.8 Å². The molecular formula is C15H22ClN3O2. The molecule has 0 aromatic carbocycles. The van der Waals surface area contributed by atoms with Crippen molar-refractivity contribution in [3.8, 4) is 0 Å². The number of pyridine rings is 1. The van der Waals surface area contributed by atoms with Crippen LogP contribution in [0.2, 0.25) is 0 Å². The minimum absolute atomic E-state index is 0. The first-order valence-corrected chi connectivity index (χ1v) is 7.37. The molecule has 2 heterocycles. The summed E-state index contributed by atoms with van der Waals surface area (Å²) in [6, 6.07) is 3.54. The van der Waals surface area contributed by atoms with Crippen LogP contribution >= 0.6 is 12.4 Å². The van der Waals surface area contributed by atoms with Crippen LogP contribution in [-0.4, -0.2) is 22.6 Å². The molecule has 2 fully saturated rings. The van der Waals surface area contributed by atoms with Crippen molar-refractivity contribution in [2.45, 2.75) is 44.2 Å². The van der Waals surface area contributed by atoms with E-state index < -0.39 is 0 Å². The minimum atomic E-state index is -0.0969. The summed E-state index contributed by atoms with van der Waals surface area (Å²) in [4.78, 5) is 23.6. The van der Waals surface area contributed by atoms with Crippen molar-refractivity contribution in [1.82, 2.24) is 9.88 Å². The zero-order chi connectivity index (χ0) is 14.1. The maximum Gasteiger partial charge on any atom is 0.250 e. The zero-order valence-electron chi connectivity index (χ0n) is 12.2. The Hall–Kier alpha value is -1.33. The first-order chi connectivity index (χ1) is 9.63. The van der Waals surface area contributed by atoms with E-state index in [-0.39, 0.29) is 29.9 Å². The fraction of sp³-hybridized carbons (Fsp3) is 0.600. The molecule has 6 heteroatoms. The fourth-order valence-electron chi connectivity index (χ4n) is 3.42. The second kappa shape index (κ2) is 6.62. The highest BCUT2D eigenvalue weighted by molar-refractivity contribution is 5.94. The summed E-state index contributed by atoms with van der Waals surface area (Å²) in [6.45, 7) is 0. The third-order valence-corrected chi connectivity index (χ3v) is 4.53. The molecular weight excluding hydrogens is 290 g/mol. The van der Waals surface area contributed by atoms with E-state index in [1.165, 1.54) is 36.3 Å². The maximum atomic E-state index is 12.3. The molecule has 3 atom stereocenters. The van der Waals surface area contributed by atoms with E-state index in [9.17, 15) is 9.59 Å². The number of carbonyl (C=O) groups excluding carboxylic acids is 1. The topological polar surface area (TPSA) is 63.1 Å². The second-order valence-corrected chi connectivity index (χ2v) is 5.96. The van der Waals surface area contributed by atoms with Gasteiger partial charge in [-0.05, 0) is 31.2 Å². The van der Waals surface area contributed by atoms with Gasteiger partial charge in [0.2, 0.25) is 11.5 Å². The highest BCUT2D eigenvalue weighted by Crippen LogP contribution is 2.33. The van der Waals surface area contributed by atoms with E-state index in [4.69, 9.17) is 0 Å². The molecule has 0 bridgehead atoms. The van der Waals surface area contributed by atoms with Gasteiger partial charge in [-0.25, -0.2) is 0 Å². The summed E-state index contributed by atoms with van der Waals surface area (Å²) >= 11 is 0. The minimum Gasteiger partial charge on any atom is -0.323 e. The molecule has 1 saturated heterocycles. The van der Waals surface area contributed by atoms with E-state index in [0.29, 0.717) is 17.6 Å². The summed E-state index contributed by atoms with van der Waals surface area (Å²) < 4.78 is 1.47. The summed E-state index contributed by atoms with van der Waals surface area (Å²) in [6.07, 6.45) is 7.57. The molecule has 1 aromatic heterocycles. The van der Waals surface area contributed by atoms with Crippen molar-refractivity contribution in [2.24, 2.45) is 13.0 Å². The van der Waals surface area contributed by atoms with Gasteiger partial charge in [0.05, 0.1) is 11.7 Å². The first kappa shape index (κ1) is 16.0. The van der Waals surface area contributed by atoms with Crippen molar-refractivity contribution in [3.63, 3.8) is 0 Å². The quantitative estimate of drug-likeness (QED) is 0.873. The number of aromatic nitrogens is 1. The third kappa shape index (κ3) is 3.47. The van der Waals surface area contributed by atoms with Gasteiger partial charge in [0.15, 0.2) is 0 Å². The molecule has 116 valence electrons. The van der Waals surface area contributed by atoms with Crippen molar-refractivity contribution >= 4 is 24.0 Å². The molecule has 3 rings (SSSR count). The van der Waals surface area contributed by atoms with Crippen LogP contribution in [0.4, 0.5) is 5.69 Å². The Morgan fingerprint density at radius 2 is 2.10 bits per heavy atom. The molecule has 1 saturated carbocycles. The highest BCUT2D eigenvalue weighted by atomic mass is 35.5. The molecule has 5 nitrogen and oxygen atoms in total. The van der Waals surface area contributed by atoms with Gasteiger partial charge in [-0.3, -0.25) is 9.59 Å². The smallest absolute Gasteiger partial charge is 0.250 e.